The van der Waals surface area contributed by atoms with Crippen LogP contribution in [0, 0.1) is 5.92 Å². The number of ether oxygens (including phenoxy) is 1. The molecule has 1 aliphatic rings. The summed E-state index contributed by atoms with van der Waals surface area (Å²) in [5.41, 5.74) is 1.72. The lowest BCUT2D eigenvalue weighted by molar-refractivity contribution is 0.0497. The third-order valence-electron chi connectivity index (χ3n) is 5.02. The highest BCUT2D eigenvalue weighted by molar-refractivity contribution is 6.31. The van der Waals surface area contributed by atoms with Crippen molar-refractivity contribution in [3.8, 4) is 0 Å². The van der Waals surface area contributed by atoms with Gasteiger partial charge in [0.1, 0.15) is 0 Å². The lowest BCUT2D eigenvalue weighted by atomic mass is 10.0. The molecule has 1 aromatic rings. The number of aliphatic hydroxyl groups excluding tert-OH is 1. The number of rotatable bonds is 12. The molecule has 1 aliphatic carbocycles. The maximum atomic E-state index is 12.1. The fraction of sp³-hybridized carbons (Fsp3) is 0.667. The van der Waals surface area contributed by atoms with Crippen molar-refractivity contribution in [2.24, 2.45) is 5.92 Å². The fourth-order valence-electron chi connectivity index (χ4n) is 3.37. The standard InChI is InChI=1S/C21H31ClO3/c1-2-3-6-9-16-14-19(16)18-11-10-17(15-20(18)22)21(24)25-13-8-5-4-7-12-23/h10-11,15-16,19,23H,2-9,12-14H2,1H3. The van der Waals surface area contributed by atoms with Crippen LogP contribution in [0.5, 0.6) is 0 Å². The second-order valence-corrected chi connectivity index (χ2v) is 7.52. The van der Waals surface area contributed by atoms with Crippen LogP contribution in [0.4, 0.5) is 0 Å². The summed E-state index contributed by atoms with van der Waals surface area (Å²) in [6, 6.07) is 5.60. The number of unbranched alkanes of at least 4 members (excludes halogenated alkanes) is 5. The van der Waals surface area contributed by atoms with E-state index in [0.717, 1.165) is 31.6 Å². The number of esters is 1. The Kier molecular flexibility index (Phi) is 8.77. The minimum atomic E-state index is -0.300. The van der Waals surface area contributed by atoms with Gasteiger partial charge in [0.15, 0.2) is 0 Å². The number of aliphatic hydroxyl groups is 1. The fourth-order valence-corrected chi connectivity index (χ4v) is 3.70. The number of halogens is 1. The lowest BCUT2D eigenvalue weighted by Crippen LogP contribution is -2.07. The molecule has 0 aliphatic heterocycles. The Morgan fingerprint density at radius 2 is 2.00 bits per heavy atom. The first-order valence-electron chi connectivity index (χ1n) is 9.74. The first kappa shape index (κ1) is 20.3. The molecule has 140 valence electrons. The average Bonchev–Trinajstić information content (AvgIpc) is 3.37. The Morgan fingerprint density at radius 1 is 1.20 bits per heavy atom. The van der Waals surface area contributed by atoms with E-state index in [9.17, 15) is 4.79 Å². The van der Waals surface area contributed by atoms with E-state index in [1.165, 1.54) is 37.7 Å². The van der Waals surface area contributed by atoms with Gasteiger partial charge in [-0.2, -0.15) is 0 Å². The zero-order chi connectivity index (χ0) is 18.1. The molecule has 0 amide bonds. The molecule has 25 heavy (non-hydrogen) atoms. The van der Waals surface area contributed by atoms with E-state index < -0.39 is 0 Å². The largest absolute Gasteiger partial charge is 0.462 e. The molecule has 2 unspecified atom stereocenters. The molecule has 0 radical (unpaired) electrons. The van der Waals surface area contributed by atoms with Gasteiger partial charge in [-0.3, -0.25) is 0 Å². The van der Waals surface area contributed by atoms with Gasteiger partial charge in [0.05, 0.1) is 12.2 Å². The summed E-state index contributed by atoms with van der Waals surface area (Å²) in [6.45, 7) is 2.88. The molecule has 1 aromatic carbocycles. The van der Waals surface area contributed by atoms with Gasteiger partial charge in [0, 0.05) is 11.6 Å². The van der Waals surface area contributed by atoms with Crippen molar-refractivity contribution in [2.45, 2.75) is 70.6 Å². The Labute approximate surface area is 156 Å². The second-order valence-electron chi connectivity index (χ2n) is 7.11. The summed E-state index contributed by atoms with van der Waals surface area (Å²) < 4.78 is 5.31. The van der Waals surface area contributed by atoms with Crippen LogP contribution in [0.25, 0.3) is 0 Å². The molecule has 1 saturated carbocycles. The van der Waals surface area contributed by atoms with Crippen LogP contribution in [0.3, 0.4) is 0 Å². The molecule has 1 N–H and O–H groups in total. The topological polar surface area (TPSA) is 46.5 Å². The van der Waals surface area contributed by atoms with Crippen LogP contribution in [0.15, 0.2) is 18.2 Å². The van der Waals surface area contributed by atoms with Crippen LogP contribution >= 0.6 is 11.6 Å². The number of carbonyl (C=O) groups excluding carboxylic acids is 1. The zero-order valence-corrected chi connectivity index (χ0v) is 16.1. The smallest absolute Gasteiger partial charge is 0.338 e. The van der Waals surface area contributed by atoms with Gasteiger partial charge in [-0.05, 0) is 61.6 Å². The Hall–Kier alpha value is -1.06. The van der Waals surface area contributed by atoms with Crippen molar-refractivity contribution in [1.82, 2.24) is 0 Å². The maximum absolute atomic E-state index is 12.1. The predicted octanol–water partition coefficient (Wildman–Crippen LogP) is 5.73. The van der Waals surface area contributed by atoms with Crippen LogP contribution in [0.2, 0.25) is 5.02 Å². The minimum Gasteiger partial charge on any atom is -0.462 e. The first-order valence-corrected chi connectivity index (χ1v) is 10.1. The molecule has 0 spiro atoms. The van der Waals surface area contributed by atoms with Crippen molar-refractivity contribution in [3.05, 3.63) is 34.3 Å². The molecular formula is C21H31ClO3. The molecule has 2 atom stereocenters. The quantitative estimate of drug-likeness (QED) is 0.379. The monoisotopic (exact) mass is 366 g/mol. The van der Waals surface area contributed by atoms with Crippen molar-refractivity contribution in [1.29, 1.82) is 0 Å². The third-order valence-corrected chi connectivity index (χ3v) is 5.35. The number of hydrogen-bond acceptors (Lipinski definition) is 3. The van der Waals surface area contributed by atoms with E-state index in [0.29, 0.717) is 23.1 Å². The van der Waals surface area contributed by atoms with E-state index in [1.54, 1.807) is 6.07 Å². The van der Waals surface area contributed by atoms with Crippen LogP contribution in [-0.2, 0) is 4.74 Å². The van der Waals surface area contributed by atoms with E-state index in [4.69, 9.17) is 21.4 Å². The van der Waals surface area contributed by atoms with Gasteiger partial charge < -0.3 is 9.84 Å². The summed E-state index contributed by atoms with van der Waals surface area (Å²) in [4.78, 5) is 12.1. The molecule has 0 aromatic heterocycles. The Bertz CT molecular complexity index is 544. The highest BCUT2D eigenvalue weighted by Crippen LogP contribution is 2.52. The first-order chi connectivity index (χ1) is 12.2. The predicted molar refractivity (Wildman–Crippen MR) is 102 cm³/mol. The highest BCUT2D eigenvalue weighted by Gasteiger charge is 2.38. The molecule has 1 fully saturated rings. The van der Waals surface area contributed by atoms with Gasteiger partial charge in [-0.25, -0.2) is 4.79 Å². The Morgan fingerprint density at radius 3 is 2.72 bits per heavy atom. The molecule has 4 heteroatoms. The summed E-state index contributed by atoms with van der Waals surface area (Å²) in [7, 11) is 0. The van der Waals surface area contributed by atoms with E-state index in [2.05, 4.69) is 6.92 Å². The summed E-state index contributed by atoms with van der Waals surface area (Å²) in [5.74, 6) is 1.03. The van der Waals surface area contributed by atoms with Crippen LogP contribution in [-0.4, -0.2) is 24.3 Å². The molecule has 0 bridgehead atoms. The second kappa shape index (κ2) is 10.8. The Balaban J connectivity index is 1.76. The van der Waals surface area contributed by atoms with Gasteiger partial charge in [0.25, 0.3) is 0 Å². The molecular weight excluding hydrogens is 336 g/mol. The van der Waals surface area contributed by atoms with Gasteiger partial charge in [0.2, 0.25) is 0 Å². The van der Waals surface area contributed by atoms with E-state index in [-0.39, 0.29) is 12.6 Å². The maximum Gasteiger partial charge on any atom is 0.338 e. The van der Waals surface area contributed by atoms with E-state index >= 15 is 0 Å². The third kappa shape index (κ3) is 6.63. The minimum absolute atomic E-state index is 0.227. The van der Waals surface area contributed by atoms with Crippen molar-refractivity contribution < 1.29 is 14.6 Å². The molecule has 0 saturated heterocycles. The van der Waals surface area contributed by atoms with Crippen LogP contribution in [0.1, 0.15) is 86.6 Å². The van der Waals surface area contributed by atoms with Gasteiger partial charge in [-0.15, -0.1) is 0 Å². The number of hydrogen-bond donors (Lipinski definition) is 1. The summed E-state index contributed by atoms with van der Waals surface area (Å²) in [5, 5.41) is 9.42. The van der Waals surface area contributed by atoms with Gasteiger partial charge >= 0.3 is 5.97 Å². The average molecular weight is 367 g/mol. The lowest BCUT2D eigenvalue weighted by Gasteiger charge is -2.08. The number of carbonyl (C=O) groups is 1. The molecule has 0 heterocycles. The molecule has 2 rings (SSSR count). The summed E-state index contributed by atoms with van der Waals surface area (Å²) in [6.07, 6.45) is 9.96. The normalized spacial score (nSPS) is 19.0. The number of benzene rings is 1. The zero-order valence-electron chi connectivity index (χ0n) is 15.3. The van der Waals surface area contributed by atoms with Crippen molar-refractivity contribution in [2.75, 3.05) is 13.2 Å². The van der Waals surface area contributed by atoms with Crippen LogP contribution < -0.4 is 0 Å². The highest BCUT2D eigenvalue weighted by atomic mass is 35.5. The van der Waals surface area contributed by atoms with Gasteiger partial charge in [-0.1, -0.05) is 50.3 Å². The summed E-state index contributed by atoms with van der Waals surface area (Å²) >= 11 is 6.42. The van der Waals surface area contributed by atoms with Crippen molar-refractivity contribution >= 4 is 17.6 Å². The van der Waals surface area contributed by atoms with Crippen molar-refractivity contribution in [3.63, 3.8) is 0 Å². The van der Waals surface area contributed by atoms with E-state index in [1.807, 2.05) is 12.1 Å². The molecule has 3 nitrogen and oxygen atoms in total. The SMILES string of the molecule is CCCCCC1CC1c1ccc(C(=O)OCCCCCCO)cc1Cl.